The normalized spacial score (nSPS) is 12.5. The molecular formula is C9H17FS. The Kier molecular flexibility index (Phi) is 5.30. The molecule has 0 bridgehead atoms. The summed E-state index contributed by atoms with van der Waals surface area (Å²) in [5, 5.41) is 0. The van der Waals surface area contributed by atoms with Crippen molar-refractivity contribution in [1.29, 1.82) is 0 Å². The van der Waals surface area contributed by atoms with Crippen LogP contribution in [0.1, 0.15) is 13.3 Å². The van der Waals surface area contributed by atoms with Gasteiger partial charge in [-0.3, -0.25) is 0 Å². The summed E-state index contributed by atoms with van der Waals surface area (Å²) in [5.74, 6) is 1.73. The van der Waals surface area contributed by atoms with Crippen LogP contribution in [0.2, 0.25) is 0 Å². The van der Waals surface area contributed by atoms with E-state index < -0.39 is 10.4 Å². The molecule has 0 saturated carbocycles. The molecular weight excluding hydrogens is 159 g/mol. The van der Waals surface area contributed by atoms with Crippen molar-refractivity contribution < 1.29 is 3.89 Å². The van der Waals surface area contributed by atoms with E-state index in [1.165, 1.54) is 0 Å². The van der Waals surface area contributed by atoms with Crippen molar-refractivity contribution in [2.24, 2.45) is 0 Å². The van der Waals surface area contributed by atoms with Crippen LogP contribution in [0.15, 0.2) is 25.3 Å². The Morgan fingerprint density at radius 1 is 1.27 bits per heavy atom. The molecule has 0 aromatic rings. The fraction of sp³-hybridized carbons (Fsp3) is 0.556. The fourth-order valence-electron chi connectivity index (χ4n) is 1.02. The van der Waals surface area contributed by atoms with E-state index in [4.69, 9.17) is 0 Å². The molecule has 0 fully saturated rings. The zero-order valence-electron chi connectivity index (χ0n) is 7.18. The summed E-state index contributed by atoms with van der Waals surface area (Å²) in [6, 6.07) is 0. The summed E-state index contributed by atoms with van der Waals surface area (Å²) in [4.78, 5) is 0. The summed E-state index contributed by atoms with van der Waals surface area (Å²) < 4.78 is 13.7. The van der Waals surface area contributed by atoms with Crippen LogP contribution in [-0.4, -0.2) is 17.3 Å². The topological polar surface area (TPSA) is 0 Å². The lowest BCUT2D eigenvalue weighted by molar-refractivity contribution is 0.873. The van der Waals surface area contributed by atoms with Gasteiger partial charge in [0.05, 0.1) is 0 Å². The van der Waals surface area contributed by atoms with Crippen molar-refractivity contribution in [2.45, 2.75) is 13.3 Å². The average Bonchev–Trinajstić information content (AvgIpc) is 1.88. The predicted octanol–water partition coefficient (Wildman–Crippen LogP) is 3.46. The van der Waals surface area contributed by atoms with Crippen LogP contribution in [0.4, 0.5) is 3.89 Å². The molecule has 0 spiro atoms. The lowest BCUT2D eigenvalue weighted by atomic mass is 10.6. The summed E-state index contributed by atoms with van der Waals surface area (Å²) in [6.45, 7) is 9.12. The molecule has 0 radical (unpaired) electrons. The summed E-state index contributed by atoms with van der Waals surface area (Å²) in [7, 11) is -1.93. The quantitative estimate of drug-likeness (QED) is 0.544. The predicted molar refractivity (Wildman–Crippen MR) is 54.0 cm³/mol. The first-order chi connectivity index (χ1) is 5.18. The van der Waals surface area contributed by atoms with Crippen LogP contribution >= 0.6 is 10.4 Å². The highest BCUT2D eigenvalue weighted by molar-refractivity contribution is 8.29. The van der Waals surface area contributed by atoms with Crippen molar-refractivity contribution in [2.75, 3.05) is 17.3 Å². The van der Waals surface area contributed by atoms with Crippen molar-refractivity contribution in [3.63, 3.8) is 0 Å². The first-order valence-electron chi connectivity index (χ1n) is 3.86. The van der Waals surface area contributed by atoms with Gasteiger partial charge in [-0.2, -0.15) is 3.89 Å². The van der Waals surface area contributed by atoms with E-state index in [1.807, 2.05) is 6.92 Å². The Labute approximate surface area is 70.8 Å². The molecule has 11 heavy (non-hydrogen) atoms. The molecule has 0 heterocycles. The summed E-state index contributed by atoms with van der Waals surface area (Å²) in [6.07, 6.45) is 4.26. The fourth-order valence-corrected chi connectivity index (χ4v) is 3.07. The molecule has 0 aromatic carbocycles. The first-order valence-corrected chi connectivity index (χ1v) is 5.90. The van der Waals surface area contributed by atoms with Gasteiger partial charge in [0.2, 0.25) is 0 Å². The van der Waals surface area contributed by atoms with E-state index in [9.17, 15) is 3.89 Å². The van der Waals surface area contributed by atoms with E-state index in [2.05, 4.69) is 13.2 Å². The van der Waals surface area contributed by atoms with Crippen LogP contribution < -0.4 is 0 Å². The van der Waals surface area contributed by atoms with Crippen LogP contribution in [0.25, 0.3) is 0 Å². The van der Waals surface area contributed by atoms with Gasteiger partial charge < -0.3 is 0 Å². The second kappa shape index (κ2) is 5.42. The Bertz CT molecular complexity index is 122. The number of halogens is 1. The molecule has 0 rings (SSSR count). The minimum absolute atomic E-state index is 0.521. The SMILES string of the molecule is C=CCS(F)(CC=C)CCC. The van der Waals surface area contributed by atoms with Gasteiger partial charge in [-0.05, 0) is 6.42 Å². The van der Waals surface area contributed by atoms with E-state index in [-0.39, 0.29) is 0 Å². The third-order valence-corrected chi connectivity index (χ3v) is 4.21. The number of rotatable bonds is 6. The monoisotopic (exact) mass is 176 g/mol. The van der Waals surface area contributed by atoms with Crippen molar-refractivity contribution >= 4 is 10.4 Å². The Morgan fingerprint density at radius 3 is 2.00 bits per heavy atom. The number of hydrogen-bond donors (Lipinski definition) is 0. The molecule has 66 valence electrons. The minimum atomic E-state index is -1.93. The molecule has 0 aliphatic carbocycles. The molecule has 0 nitrogen and oxygen atoms in total. The average molecular weight is 176 g/mol. The maximum atomic E-state index is 13.7. The van der Waals surface area contributed by atoms with Gasteiger partial charge in [0.25, 0.3) is 0 Å². The van der Waals surface area contributed by atoms with E-state index >= 15 is 0 Å². The molecule has 0 aliphatic heterocycles. The second-order valence-corrected chi connectivity index (χ2v) is 5.51. The summed E-state index contributed by atoms with van der Waals surface area (Å²) >= 11 is 0. The van der Waals surface area contributed by atoms with Crippen LogP contribution in [0.3, 0.4) is 0 Å². The number of hydrogen-bond acceptors (Lipinski definition) is 0. The highest BCUT2D eigenvalue weighted by atomic mass is 32.3. The van der Waals surface area contributed by atoms with Gasteiger partial charge in [-0.1, -0.05) is 29.5 Å². The molecule has 0 saturated heterocycles. The molecule has 0 N–H and O–H groups in total. The largest absolute Gasteiger partial charge is 0.189 e. The Balaban J connectivity index is 3.98. The van der Waals surface area contributed by atoms with Gasteiger partial charge in [0.15, 0.2) is 0 Å². The standard InChI is InChI=1S/C9H17FS/c1-4-7-11(10,8-5-2)9-6-3/h4-5H,1-2,6-9H2,3H3. The smallest absolute Gasteiger partial charge is 0.0216 e. The van der Waals surface area contributed by atoms with E-state index in [0.717, 1.165) is 6.42 Å². The van der Waals surface area contributed by atoms with Crippen molar-refractivity contribution in [3.05, 3.63) is 25.3 Å². The third kappa shape index (κ3) is 4.25. The van der Waals surface area contributed by atoms with Crippen LogP contribution in [0.5, 0.6) is 0 Å². The van der Waals surface area contributed by atoms with Gasteiger partial charge >= 0.3 is 0 Å². The molecule has 0 aromatic heterocycles. The molecule has 0 amide bonds. The van der Waals surface area contributed by atoms with Crippen molar-refractivity contribution in [1.82, 2.24) is 0 Å². The van der Waals surface area contributed by atoms with Gasteiger partial charge in [0.1, 0.15) is 0 Å². The highest BCUT2D eigenvalue weighted by Crippen LogP contribution is 2.49. The van der Waals surface area contributed by atoms with Crippen LogP contribution in [-0.2, 0) is 0 Å². The first kappa shape index (κ1) is 10.8. The maximum absolute atomic E-state index is 13.7. The highest BCUT2D eigenvalue weighted by Gasteiger charge is 2.18. The van der Waals surface area contributed by atoms with E-state index in [1.54, 1.807) is 12.2 Å². The van der Waals surface area contributed by atoms with Crippen molar-refractivity contribution in [3.8, 4) is 0 Å². The minimum Gasteiger partial charge on any atom is -0.189 e. The Hall–Kier alpha value is -0.240. The lowest BCUT2D eigenvalue weighted by Crippen LogP contribution is -2.04. The zero-order valence-corrected chi connectivity index (χ0v) is 8.00. The molecule has 0 unspecified atom stereocenters. The lowest BCUT2D eigenvalue weighted by Gasteiger charge is -2.27. The molecule has 2 heteroatoms. The molecule has 0 atom stereocenters. The van der Waals surface area contributed by atoms with Gasteiger partial charge in [0, 0.05) is 17.3 Å². The zero-order chi connectivity index (χ0) is 8.74. The van der Waals surface area contributed by atoms with Gasteiger partial charge in [-0.25, -0.2) is 0 Å². The molecule has 0 aliphatic rings. The third-order valence-electron chi connectivity index (χ3n) is 1.40. The van der Waals surface area contributed by atoms with Gasteiger partial charge in [-0.15, -0.1) is 13.2 Å². The summed E-state index contributed by atoms with van der Waals surface area (Å²) in [5.41, 5.74) is 0. The van der Waals surface area contributed by atoms with Crippen LogP contribution in [0, 0.1) is 0 Å². The second-order valence-electron chi connectivity index (χ2n) is 2.55. The Morgan fingerprint density at radius 2 is 1.73 bits per heavy atom. The van der Waals surface area contributed by atoms with E-state index in [0.29, 0.717) is 17.3 Å². The maximum Gasteiger partial charge on any atom is 0.0216 e.